The third-order valence-corrected chi connectivity index (χ3v) is 10.2. The number of sulfone groups is 1. The van der Waals surface area contributed by atoms with Gasteiger partial charge in [-0.3, -0.25) is 0 Å². The van der Waals surface area contributed by atoms with Crippen molar-refractivity contribution in [2.75, 3.05) is 6.26 Å². The molecule has 2 fully saturated rings. The molecule has 3 aliphatic carbocycles. The maximum atomic E-state index is 12.0. The number of hydrogen-bond acceptors (Lipinski definition) is 6. The average Bonchev–Trinajstić information content (AvgIpc) is 3.65. The lowest BCUT2D eigenvalue weighted by Crippen LogP contribution is -2.49. The van der Waals surface area contributed by atoms with Crippen LogP contribution in [0.25, 0.3) is 11.3 Å². The van der Waals surface area contributed by atoms with Crippen LogP contribution in [0.3, 0.4) is 0 Å². The first-order chi connectivity index (χ1) is 19.0. The molecule has 2 aromatic carbocycles. The average molecular weight is 621 g/mol. The van der Waals surface area contributed by atoms with E-state index in [0.717, 1.165) is 29.7 Å². The van der Waals surface area contributed by atoms with E-state index in [1.807, 2.05) is 12.1 Å². The van der Waals surface area contributed by atoms with E-state index in [9.17, 15) is 13.5 Å². The number of allylic oxidation sites excluding steroid dienone is 2. The molecule has 10 heteroatoms. The first kappa shape index (κ1) is 27.9. The van der Waals surface area contributed by atoms with Crippen molar-refractivity contribution in [3.63, 3.8) is 0 Å². The molecule has 0 bridgehead atoms. The highest BCUT2D eigenvalue weighted by atomic mass is 35.5. The molecule has 1 unspecified atom stereocenters. The molecule has 0 aliphatic heterocycles. The van der Waals surface area contributed by atoms with Crippen molar-refractivity contribution in [2.24, 2.45) is 5.92 Å². The van der Waals surface area contributed by atoms with E-state index in [1.54, 1.807) is 42.5 Å². The van der Waals surface area contributed by atoms with Crippen LogP contribution in [0.2, 0.25) is 10.0 Å². The Morgan fingerprint density at radius 1 is 1.07 bits per heavy atom. The van der Waals surface area contributed by atoms with Crippen LogP contribution in [0.4, 0.5) is 0 Å². The summed E-state index contributed by atoms with van der Waals surface area (Å²) in [5.41, 5.74) is 1.97. The summed E-state index contributed by atoms with van der Waals surface area (Å²) in [4.78, 5) is 0.290. The fourth-order valence-corrected chi connectivity index (χ4v) is 7.39. The van der Waals surface area contributed by atoms with Crippen molar-refractivity contribution in [2.45, 2.75) is 61.0 Å². The van der Waals surface area contributed by atoms with Crippen molar-refractivity contribution in [1.29, 1.82) is 0 Å². The first-order valence-electron chi connectivity index (χ1n) is 13.2. The Hall–Kier alpha value is -2.29. The zero-order valence-corrected chi connectivity index (χ0v) is 24.8. The molecule has 40 heavy (non-hydrogen) atoms. The van der Waals surface area contributed by atoms with Gasteiger partial charge in [0.15, 0.2) is 9.84 Å². The van der Waals surface area contributed by atoms with E-state index in [1.165, 1.54) is 6.26 Å². The Kier molecular flexibility index (Phi) is 7.33. The van der Waals surface area contributed by atoms with E-state index >= 15 is 0 Å². The fourth-order valence-electron chi connectivity index (χ4n) is 5.74. The van der Waals surface area contributed by atoms with Crippen LogP contribution in [0, 0.1) is 5.92 Å². The van der Waals surface area contributed by atoms with Gasteiger partial charge < -0.3 is 14.4 Å². The molecule has 3 aromatic rings. The van der Waals surface area contributed by atoms with E-state index in [-0.39, 0.29) is 18.4 Å². The highest BCUT2D eigenvalue weighted by Gasteiger charge is 2.50. The van der Waals surface area contributed by atoms with Crippen LogP contribution >= 0.6 is 34.8 Å². The number of aliphatic hydroxyl groups is 1. The van der Waals surface area contributed by atoms with Crippen molar-refractivity contribution < 1.29 is 22.8 Å². The molecule has 1 aromatic heterocycles. The fraction of sp³-hybridized carbons (Fsp3) is 0.367. The molecule has 0 spiro atoms. The number of halogens is 3. The standard InChI is InChI=1S/C30H28Cl3NO5S/c1-40(36,37)21-5-2-4-18(12-21)19-14-30(35,15-19)23-11-10-20(13-26(23)33)38-16-22-28(34-39-29(22)17-8-9-17)27-24(31)6-3-7-25(27)32/h2-7,10,12-13,17,19,23,35H,8-9,11,14-16H2,1H3/t19-,23?,30+. The van der Waals surface area contributed by atoms with Gasteiger partial charge in [-0.25, -0.2) is 8.42 Å². The largest absolute Gasteiger partial charge is 0.489 e. The van der Waals surface area contributed by atoms with Crippen LogP contribution in [-0.2, 0) is 21.2 Å². The normalized spacial score (nSPS) is 24.7. The molecule has 1 heterocycles. The number of benzene rings is 2. The summed E-state index contributed by atoms with van der Waals surface area (Å²) in [6.45, 7) is 0.215. The maximum Gasteiger partial charge on any atom is 0.175 e. The smallest absolute Gasteiger partial charge is 0.175 e. The number of nitrogens with zero attached hydrogens (tertiary/aromatic N) is 1. The second-order valence-corrected chi connectivity index (χ2v) is 14.3. The summed E-state index contributed by atoms with van der Waals surface area (Å²) in [5, 5.41) is 17.2. The summed E-state index contributed by atoms with van der Waals surface area (Å²) in [6, 6.07) is 12.3. The zero-order valence-electron chi connectivity index (χ0n) is 21.7. The molecular weight excluding hydrogens is 593 g/mol. The molecule has 0 radical (unpaired) electrons. The lowest BCUT2D eigenvalue weighted by Gasteiger charge is -2.49. The lowest BCUT2D eigenvalue weighted by molar-refractivity contribution is -0.0837. The van der Waals surface area contributed by atoms with Crippen LogP contribution in [-0.4, -0.2) is 30.5 Å². The SMILES string of the molecule is CS(=O)(=O)c1cccc([C@H]2C[C@](O)(C3CC=C(OCc4c(-c5c(Cl)cccc5Cl)noc4C4CC4)C=C3Cl)C2)c1. The summed E-state index contributed by atoms with van der Waals surface area (Å²) >= 11 is 19.6. The minimum Gasteiger partial charge on any atom is -0.489 e. The van der Waals surface area contributed by atoms with Crippen molar-refractivity contribution in [3.8, 4) is 11.3 Å². The van der Waals surface area contributed by atoms with Gasteiger partial charge in [0.1, 0.15) is 23.8 Å². The van der Waals surface area contributed by atoms with E-state index in [0.29, 0.717) is 62.2 Å². The van der Waals surface area contributed by atoms with Gasteiger partial charge in [0, 0.05) is 28.7 Å². The van der Waals surface area contributed by atoms with Gasteiger partial charge in [-0.1, -0.05) is 58.2 Å². The Bertz CT molecular complexity index is 1610. The predicted octanol–water partition coefficient (Wildman–Crippen LogP) is 7.78. The summed E-state index contributed by atoms with van der Waals surface area (Å²) in [6.07, 6.45) is 8.51. The maximum absolute atomic E-state index is 12.0. The summed E-state index contributed by atoms with van der Waals surface area (Å²) < 4.78 is 35.8. The van der Waals surface area contributed by atoms with E-state index in [4.69, 9.17) is 44.1 Å². The van der Waals surface area contributed by atoms with Gasteiger partial charge in [-0.05, 0) is 80.0 Å². The Balaban J connectivity index is 1.14. The van der Waals surface area contributed by atoms with E-state index < -0.39 is 15.4 Å². The minimum absolute atomic E-state index is 0.0716. The molecule has 6 nitrogen and oxygen atoms in total. The van der Waals surface area contributed by atoms with Gasteiger partial charge in [-0.15, -0.1) is 0 Å². The molecule has 1 atom stereocenters. The monoisotopic (exact) mass is 619 g/mol. The topological polar surface area (TPSA) is 89.6 Å². The quantitative estimate of drug-likeness (QED) is 0.277. The number of hydrogen-bond donors (Lipinski definition) is 1. The van der Waals surface area contributed by atoms with Gasteiger partial charge in [0.05, 0.1) is 26.1 Å². The number of aromatic nitrogens is 1. The van der Waals surface area contributed by atoms with Gasteiger partial charge in [0.2, 0.25) is 0 Å². The Labute approximate surface area is 248 Å². The third-order valence-electron chi connectivity index (χ3n) is 8.12. The summed E-state index contributed by atoms with van der Waals surface area (Å²) in [5.74, 6) is 1.53. The molecule has 0 saturated heterocycles. The van der Waals surface area contributed by atoms with Crippen LogP contribution < -0.4 is 0 Å². The van der Waals surface area contributed by atoms with Gasteiger partial charge in [-0.2, -0.15) is 0 Å². The van der Waals surface area contributed by atoms with Crippen molar-refractivity contribution >= 4 is 44.6 Å². The van der Waals surface area contributed by atoms with Crippen LogP contribution in [0.5, 0.6) is 0 Å². The van der Waals surface area contributed by atoms with Crippen LogP contribution in [0.15, 0.2) is 74.8 Å². The van der Waals surface area contributed by atoms with Crippen molar-refractivity contribution in [3.05, 3.63) is 92.3 Å². The second-order valence-electron chi connectivity index (χ2n) is 11.0. The first-order valence-corrected chi connectivity index (χ1v) is 16.2. The predicted molar refractivity (Wildman–Crippen MR) is 155 cm³/mol. The highest BCUT2D eigenvalue weighted by Crippen LogP contribution is 2.53. The molecule has 1 N–H and O–H groups in total. The number of rotatable bonds is 8. The number of ether oxygens (including phenoxy) is 1. The third kappa shape index (κ3) is 5.35. The van der Waals surface area contributed by atoms with Gasteiger partial charge >= 0.3 is 0 Å². The Morgan fingerprint density at radius 2 is 1.77 bits per heavy atom. The molecule has 3 aliphatic rings. The highest BCUT2D eigenvalue weighted by molar-refractivity contribution is 7.90. The van der Waals surface area contributed by atoms with E-state index in [2.05, 4.69) is 5.16 Å². The Morgan fingerprint density at radius 3 is 2.42 bits per heavy atom. The van der Waals surface area contributed by atoms with Crippen molar-refractivity contribution in [1.82, 2.24) is 5.16 Å². The molecule has 6 rings (SSSR count). The van der Waals surface area contributed by atoms with Gasteiger partial charge in [0.25, 0.3) is 0 Å². The molecule has 0 amide bonds. The minimum atomic E-state index is -3.29. The molecule has 2 saturated carbocycles. The zero-order chi connectivity index (χ0) is 28.2. The summed E-state index contributed by atoms with van der Waals surface area (Å²) in [7, 11) is -3.29. The molecule has 210 valence electrons. The molecular formula is C30H28Cl3NO5S. The van der Waals surface area contributed by atoms with Crippen LogP contribution in [0.1, 0.15) is 60.8 Å². The second kappa shape index (κ2) is 10.5. The lowest BCUT2D eigenvalue weighted by atomic mass is 9.61.